The number of ether oxygens (including phenoxy) is 1. The molecule has 0 amide bonds. The van der Waals surface area contributed by atoms with Crippen LogP contribution in [0.2, 0.25) is 0 Å². The molecule has 1 heterocycles. The molecule has 1 aromatic heterocycles. The molecule has 0 bridgehead atoms. The number of halogens is 3. The molecule has 4 nitrogen and oxygen atoms in total. The number of esters is 1. The fourth-order valence-electron chi connectivity index (χ4n) is 2.53. The van der Waals surface area contributed by atoms with Crippen LogP contribution in [0, 0.1) is 0 Å². The Kier molecular flexibility index (Phi) is 4.43. The predicted octanol–water partition coefficient (Wildman–Crippen LogP) is 3.54. The third-order valence-corrected chi connectivity index (χ3v) is 3.67. The lowest BCUT2D eigenvalue weighted by molar-refractivity contribution is -0.267. The van der Waals surface area contributed by atoms with E-state index in [-0.39, 0.29) is 18.0 Å². The number of carbonyl (C=O) groups is 1. The highest BCUT2D eigenvalue weighted by atomic mass is 19.4. The van der Waals surface area contributed by atoms with Gasteiger partial charge in [0.1, 0.15) is 0 Å². The first-order valence-electron chi connectivity index (χ1n) is 7.21. The number of fused-ring (bicyclic) bond motifs is 1. The lowest BCUT2D eigenvalue weighted by atomic mass is 9.92. The quantitative estimate of drug-likeness (QED) is 0.873. The van der Waals surface area contributed by atoms with Crippen molar-refractivity contribution in [2.75, 3.05) is 6.61 Å². The molecule has 23 heavy (non-hydrogen) atoms. The largest absolute Gasteiger partial charge is 0.463 e. The van der Waals surface area contributed by atoms with Crippen molar-refractivity contribution in [3.05, 3.63) is 36.0 Å². The normalized spacial score (nSPS) is 15.0. The third-order valence-electron chi connectivity index (χ3n) is 3.67. The maximum atomic E-state index is 13.5. The SMILES string of the molecule is CCOC(=O)C(O)(c1cn(C(C)C)c2ccccc12)C(F)(F)F. The van der Waals surface area contributed by atoms with Gasteiger partial charge in [0.25, 0.3) is 5.60 Å². The molecule has 0 aliphatic rings. The minimum atomic E-state index is -5.20. The molecule has 2 aromatic rings. The molecule has 0 radical (unpaired) electrons. The van der Waals surface area contributed by atoms with Gasteiger partial charge in [0.05, 0.1) is 6.61 Å². The van der Waals surface area contributed by atoms with Crippen molar-refractivity contribution in [1.82, 2.24) is 4.57 Å². The summed E-state index contributed by atoms with van der Waals surface area (Å²) in [7, 11) is 0. The van der Waals surface area contributed by atoms with Crippen molar-refractivity contribution in [3.63, 3.8) is 0 Å². The summed E-state index contributed by atoms with van der Waals surface area (Å²) in [4.78, 5) is 11.9. The number of benzene rings is 1. The summed E-state index contributed by atoms with van der Waals surface area (Å²) in [6.45, 7) is 4.71. The molecule has 126 valence electrons. The summed E-state index contributed by atoms with van der Waals surface area (Å²) in [6.07, 6.45) is -4.04. The van der Waals surface area contributed by atoms with Gasteiger partial charge in [0, 0.05) is 28.7 Å². The minimum absolute atomic E-state index is 0.145. The number of hydrogen-bond donors (Lipinski definition) is 1. The molecular formula is C16H18F3NO3. The Hall–Kier alpha value is -2.02. The Bertz CT molecular complexity index is 721. The number of para-hydroxylation sites is 1. The number of rotatable bonds is 4. The van der Waals surface area contributed by atoms with Gasteiger partial charge in [-0.15, -0.1) is 0 Å². The highest BCUT2D eigenvalue weighted by Gasteiger charge is 2.63. The van der Waals surface area contributed by atoms with E-state index in [0.29, 0.717) is 5.52 Å². The van der Waals surface area contributed by atoms with E-state index in [1.54, 1.807) is 36.6 Å². The number of carbonyl (C=O) groups excluding carboxylic acids is 1. The van der Waals surface area contributed by atoms with E-state index in [9.17, 15) is 23.1 Å². The molecule has 2 rings (SSSR count). The van der Waals surface area contributed by atoms with Crippen LogP contribution < -0.4 is 0 Å². The predicted molar refractivity (Wildman–Crippen MR) is 78.9 cm³/mol. The molecule has 0 saturated heterocycles. The Labute approximate surface area is 131 Å². The van der Waals surface area contributed by atoms with Crippen LogP contribution in [-0.4, -0.2) is 28.4 Å². The lowest BCUT2D eigenvalue weighted by Crippen LogP contribution is -2.50. The maximum Gasteiger partial charge on any atom is 0.432 e. The lowest BCUT2D eigenvalue weighted by Gasteiger charge is -2.27. The van der Waals surface area contributed by atoms with Crippen LogP contribution in [0.5, 0.6) is 0 Å². The number of hydrogen-bond acceptors (Lipinski definition) is 3. The summed E-state index contributed by atoms with van der Waals surface area (Å²) in [6, 6.07) is 6.18. The fourth-order valence-corrected chi connectivity index (χ4v) is 2.53. The molecule has 7 heteroatoms. The molecule has 0 aliphatic carbocycles. The number of nitrogens with zero attached hydrogens (tertiary/aromatic N) is 1. The Balaban J connectivity index is 2.79. The molecule has 1 N–H and O–H groups in total. The van der Waals surface area contributed by atoms with Crippen molar-refractivity contribution in [1.29, 1.82) is 0 Å². The van der Waals surface area contributed by atoms with Gasteiger partial charge < -0.3 is 14.4 Å². The van der Waals surface area contributed by atoms with Crippen LogP contribution in [0.3, 0.4) is 0 Å². The van der Waals surface area contributed by atoms with Crippen molar-refractivity contribution >= 4 is 16.9 Å². The van der Waals surface area contributed by atoms with Gasteiger partial charge in [-0.05, 0) is 26.8 Å². The summed E-state index contributed by atoms with van der Waals surface area (Å²) in [5.41, 5.74) is -3.72. The van der Waals surface area contributed by atoms with E-state index in [0.717, 1.165) is 0 Å². The summed E-state index contributed by atoms with van der Waals surface area (Å²) in [5, 5.41) is 10.5. The van der Waals surface area contributed by atoms with Crippen LogP contribution in [0.4, 0.5) is 13.2 Å². The topological polar surface area (TPSA) is 51.5 Å². The van der Waals surface area contributed by atoms with E-state index in [2.05, 4.69) is 4.74 Å². The molecule has 0 fully saturated rings. The van der Waals surface area contributed by atoms with Gasteiger partial charge in [0.15, 0.2) is 0 Å². The van der Waals surface area contributed by atoms with Crippen LogP contribution in [-0.2, 0) is 15.1 Å². The van der Waals surface area contributed by atoms with Gasteiger partial charge in [-0.1, -0.05) is 18.2 Å². The average molecular weight is 329 g/mol. The minimum Gasteiger partial charge on any atom is -0.463 e. The van der Waals surface area contributed by atoms with Crippen molar-refractivity contribution in [2.24, 2.45) is 0 Å². The van der Waals surface area contributed by atoms with Crippen molar-refractivity contribution < 1.29 is 27.8 Å². The first-order valence-corrected chi connectivity index (χ1v) is 7.21. The van der Waals surface area contributed by atoms with E-state index in [4.69, 9.17) is 0 Å². The molecular weight excluding hydrogens is 311 g/mol. The molecule has 1 unspecified atom stereocenters. The van der Waals surface area contributed by atoms with Crippen molar-refractivity contribution in [3.8, 4) is 0 Å². The Morgan fingerprint density at radius 1 is 1.30 bits per heavy atom. The standard InChI is InChI=1S/C16H18F3NO3/c1-4-23-14(21)15(22,16(17,18)19)12-9-20(10(2)3)13-8-6-5-7-11(12)13/h5-10,22H,4H2,1-3H3. The van der Waals surface area contributed by atoms with Gasteiger partial charge in [-0.2, -0.15) is 13.2 Å². The molecule has 0 saturated carbocycles. The second-order valence-electron chi connectivity index (χ2n) is 5.49. The van der Waals surface area contributed by atoms with Gasteiger partial charge >= 0.3 is 12.1 Å². The van der Waals surface area contributed by atoms with Crippen LogP contribution in [0.1, 0.15) is 32.4 Å². The van der Waals surface area contributed by atoms with Crippen LogP contribution in [0.25, 0.3) is 10.9 Å². The summed E-state index contributed by atoms with van der Waals surface area (Å²) >= 11 is 0. The van der Waals surface area contributed by atoms with E-state index >= 15 is 0 Å². The highest BCUT2D eigenvalue weighted by molar-refractivity contribution is 5.92. The van der Waals surface area contributed by atoms with E-state index in [1.165, 1.54) is 19.2 Å². The molecule has 1 atom stereocenters. The smallest absolute Gasteiger partial charge is 0.432 e. The van der Waals surface area contributed by atoms with Gasteiger partial charge in [-0.3, -0.25) is 0 Å². The zero-order valence-electron chi connectivity index (χ0n) is 13.0. The zero-order valence-corrected chi connectivity index (χ0v) is 13.0. The summed E-state index contributed by atoms with van der Waals surface area (Å²) in [5.74, 6) is -1.72. The van der Waals surface area contributed by atoms with Crippen LogP contribution >= 0.6 is 0 Å². The monoisotopic (exact) mass is 329 g/mol. The molecule has 0 spiro atoms. The second-order valence-corrected chi connectivity index (χ2v) is 5.49. The van der Waals surface area contributed by atoms with Gasteiger partial charge in [-0.25, -0.2) is 4.79 Å². The number of aromatic nitrogens is 1. The first-order chi connectivity index (χ1) is 10.6. The van der Waals surface area contributed by atoms with E-state index < -0.39 is 23.3 Å². The van der Waals surface area contributed by atoms with E-state index in [1.807, 2.05) is 0 Å². The van der Waals surface area contributed by atoms with Crippen LogP contribution in [0.15, 0.2) is 30.5 Å². The third kappa shape index (κ3) is 2.69. The molecule has 0 aliphatic heterocycles. The summed E-state index contributed by atoms with van der Waals surface area (Å²) < 4.78 is 46.7. The Morgan fingerprint density at radius 2 is 1.91 bits per heavy atom. The maximum absolute atomic E-state index is 13.5. The number of aliphatic hydroxyl groups is 1. The number of alkyl halides is 3. The average Bonchev–Trinajstić information content (AvgIpc) is 2.85. The Morgan fingerprint density at radius 3 is 2.43 bits per heavy atom. The molecule has 1 aromatic carbocycles. The highest BCUT2D eigenvalue weighted by Crippen LogP contribution is 2.43. The second kappa shape index (κ2) is 5.88. The zero-order chi connectivity index (χ0) is 17.4. The first kappa shape index (κ1) is 17.3. The van der Waals surface area contributed by atoms with Crippen molar-refractivity contribution in [2.45, 2.75) is 38.6 Å². The van der Waals surface area contributed by atoms with Gasteiger partial charge in [0.2, 0.25) is 0 Å². The fraction of sp³-hybridized carbons (Fsp3) is 0.438.